The first-order chi connectivity index (χ1) is 5.10. The van der Waals surface area contributed by atoms with E-state index in [1.807, 2.05) is 7.05 Å². The molecule has 0 aromatic carbocycles. The molecule has 0 aliphatic carbocycles. The van der Waals surface area contributed by atoms with E-state index >= 15 is 0 Å². The van der Waals surface area contributed by atoms with Crippen LogP contribution in [-0.2, 0) is 0 Å². The van der Waals surface area contributed by atoms with Crippen molar-refractivity contribution in [3.8, 4) is 0 Å². The molecule has 0 saturated carbocycles. The van der Waals surface area contributed by atoms with Crippen LogP contribution in [0.2, 0.25) is 0 Å². The lowest BCUT2D eigenvalue weighted by atomic mass is 9.99. The Bertz CT molecular complexity index is 157. The van der Waals surface area contributed by atoms with Gasteiger partial charge in [-0.05, 0) is 20.4 Å². The fourth-order valence-electron chi connectivity index (χ4n) is 2.42. The highest BCUT2D eigenvalue weighted by Crippen LogP contribution is 2.34. The largest absolute Gasteiger partial charge is 0.307 e. The Morgan fingerprint density at radius 2 is 2.36 bits per heavy atom. The zero-order valence-electron chi connectivity index (χ0n) is 7.10. The molecule has 0 spiro atoms. The third-order valence-electron chi connectivity index (χ3n) is 2.78. The van der Waals surface area contributed by atoms with Crippen LogP contribution in [0.4, 0.5) is 4.39 Å². The number of alkyl halides is 1. The van der Waals surface area contributed by atoms with Crippen molar-refractivity contribution in [1.82, 2.24) is 10.2 Å². The Hall–Kier alpha value is -0.150. The number of likely N-dealkylation sites (tertiary alicyclic amines) is 1. The molecule has 0 radical (unpaired) electrons. The van der Waals surface area contributed by atoms with Gasteiger partial charge in [0.05, 0.1) is 6.04 Å². The van der Waals surface area contributed by atoms with Gasteiger partial charge in [0.2, 0.25) is 0 Å². The Kier molecular flexibility index (Phi) is 1.48. The second kappa shape index (κ2) is 2.17. The van der Waals surface area contributed by atoms with E-state index in [1.54, 1.807) is 0 Å². The number of fused-ring (bicyclic) bond motifs is 1. The van der Waals surface area contributed by atoms with Crippen LogP contribution in [0.15, 0.2) is 0 Å². The molecule has 2 aliphatic rings. The third kappa shape index (κ3) is 1.07. The molecule has 0 bridgehead atoms. The lowest BCUT2D eigenvalue weighted by Gasteiger charge is -2.16. The first-order valence-electron chi connectivity index (χ1n) is 4.24. The van der Waals surface area contributed by atoms with E-state index in [-0.39, 0.29) is 6.04 Å². The zero-order valence-corrected chi connectivity index (χ0v) is 7.10. The maximum absolute atomic E-state index is 13.9. The van der Waals surface area contributed by atoms with Gasteiger partial charge in [-0.1, -0.05) is 0 Å². The Labute approximate surface area is 66.8 Å². The van der Waals surface area contributed by atoms with Gasteiger partial charge in [0.1, 0.15) is 5.67 Å². The van der Waals surface area contributed by atoms with Gasteiger partial charge in [0.15, 0.2) is 0 Å². The van der Waals surface area contributed by atoms with Crippen LogP contribution in [0.25, 0.3) is 0 Å². The van der Waals surface area contributed by atoms with E-state index < -0.39 is 5.67 Å². The molecule has 0 unspecified atom stereocenters. The molecule has 0 aromatic heterocycles. The van der Waals surface area contributed by atoms with Crippen LogP contribution in [0.5, 0.6) is 0 Å². The smallest absolute Gasteiger partial charge is 0.141 e. The molecular formula is C8H15FN2. The summed E-state index contributed by atoms with van der Waals surface area (Å²) in [6, 6.07) is 0.446. The summed E-state index contributed by atoms with van der Waals surface area (Å²) in [5.41, 5.74) is -0.936. The summed E-state index contributed by atoms with van der Waals surface area (Å²) in [7, 11) is 1.98. The summed E-state index contributed by atoms with van der Waals surface area (Å²) >= 11 is 0. The minimum Gasteiger partial charge on any atom is -0.307 e. The minimum absolute atomic E-state index is 0.0856. The fraction of sp³-hybridized carbons (Fsp3) is 1.00. The average Bonchev–Trinajstić information content (AvgIpc) is 2.16. The maximum Gasteiger partial charge on any atom is 0.141 e. The summed E-state index contributed by atoms with van der Waals surface area (Å²) in [5, 5.41) is 3.27. The molecule has 1 N–H and O–H groups in total. The highest BCUT2D eigenvalue weighted by molar-refractivity contribution is 5.08. The Morgan fingerprint density at radius 3 is 3.00 bits per heavy atom. The topological polar surface area (TPSA) is 15.3 Å². The minimum atomic E-state index is -0.936. The molecule has 2 saturated heterocycles. The van der Waals surface area contributed by atoms with Crippen molar-refractivity contribution < 1.29 is 4.39 Å². The summed E-state index contributed by atoms with van der Waals surface area (Å²) < 4.78 is 13.9. The van der Waals surface area contributed by atoms with Gasteiger partial charge in [0.25, 0.3) is 0 Å². The van der Waals surface area contributed by atoms with E-state index in [4.69, 9.17) is 0 Å². The van der Waals surface area contributed by atoms with Crippen LogP contribution in [0.1, 0.15) is 13.3 Å². The first kappa shape index (κ1) is 7.50. The SMILES string of the molecule is C[C@@H]1C[C@@]2(F)CN(C)C[C@H]2N1. The van der Waals surface area contributed by atoms with Gasteiger partial charge in [-0.15, -0.1) is 0 Å². The van der Waals surface area contributed by atoms with Crippen LogP contribution in [-0.4, -0.2) is 42.8 Å². The molecule has 3 heteroatoms. The molecule has 64 valence electrons. The van der Waals surface area contributed by atoms with E-state index in [2.05, 4.69) is 17.1 Å². The average molecular weight is 158 g/mol. The normalized spacial score (nSPS) is 51.5. The van der Waals surface area contributed by atoms with Gasteiger partial charge in [-0.2, -0.15) is 0 Å². The zero-order chi connectivity index (χ0) is 8.06. The summed E-state index contributed by atoms with van der Waals surface area (Å²) in [5.74, 6) is 0. The van der Waals surface area contributed by atoms with Crippen molar-refractivity contribution in [1.29, 1.82) is 0 Å². The van der Waals surface area contributed by atoms with Crippen LogP contribution < -0.4 is 5.32 Å². The Balaban J connectivity index is 2.13. The van der Waals surface area contributed by atoms with Crippen molar-refractivity contribution in [3.63, 3.8) is 0 Å². The second-order valence-electron chi connectivity index (χ2n) is 4.06. The highest BCUT2D eigenvalue weighted by atomic mass is 19.1. The lowest BCUT2D eigenvalue weighted by molar-refractivity contribution is 0.169. The number of rotatable bonds is 0. The van der Waals surface area contributed by atoms with Crippen molar-refractivity contribution >= 4 is 0 Å². The molecule has 0 amide bonds. The van der Waals surface area contributed by atoms with E-state index in [0.29, 0.717) is 19.0 Å². The van der Waals surface area contributed by atoms with Crippen molar-refractivity contribution in [2.75, 3.05) is 20.1 Å². The van der Waals surface area contributed by atoms with Gasteiger partial charge in [-0.3, -0.25) is 0 Å². The lowest BCUT2D eigenvalue weighted by Crippen LogP contribution is -2.37. The van der Waals surface area contributed by atoms with Gasteiger partial charge < -0.3 is 10.2 Å². The van der Waals surface area contributed by atoms with Crippen molar-refractivity contribution in [3.05, 3.63) is 0 Å². The van der Waals surface area contributed by atoms with E-state index in [0.717, 1.165) is 6.54 Å². The number of likely N-dealkylation sites (N-methyl/N-ethyl adjacent to an activating group) is 1. The van der Waals surface area contributed by atoms with Gasteiger partial charge in [-0.25, -0.2) is 4.39 Å². The quantitative estimate of drug-likeness (QED) is 0.548. The van der Waals surface area contributed by atoms with Crippen molar-refractivity contribution in [2.45, 2.75) is 31.1 Å². The monoisotopic (exact) mass is 158 g/mol. The number of halogens is 1. The molecule has 0 aromatic rings. The number of nitrogens with one attached hydrogen (secondary N) is 1. The summed E-state index contributed by atoms with van der Waals surface area (Å²) in [4.78, 5) is 2.06. The van der Waals surface area contributed by atoms with Crippen LogP contribution >= 0.6 is 0 Å². The van der Waals surface area contributed by atoms with Crippen LogP contribution in [0.3, 0.4) is 0 Å². The molecule has 2 nitrogen and oxygen atoms in total. The van der Waals surface area contributed by atoms with Gasteiger partial charge in [0, 0.05) is 19.1 Å². The predicted molar refractivity (Wildman–Crippen MR) is 42.3 cm³/mol. The molecule has 3 atom stereocenters. The number of hydrogen-bond donors (Lipinski definition) is 1. The summed E-state index contributed by atoms with van der Waals surface area (Å²) in [6.07, 6.45) is 0.683. The van der Waals surface area contributed by atoms with E-state index in [9.17, 15) is 4.39 Å². The van der Waals surface area contributed by atoms with Gasteiger partial charge >= 0.3 is 0 Å². The third-order valence-corrected chi connectivity index (χ3v) is 2.78. The van der Waals surface area contributed by atoms with Crippen molar-refractivity contribution in [2.24, 2.45) is 0 Å². The Morgan fingerprint density at radius 1 is 1.64 bits per heavy atom. The standard InChI is InChI=1S/C8H15FN2/c1-6-3-8(9)5-11(2)4-7(8)10-6/h6-7,10H,3-5H2,1-2H3/t6-,7-,8-/m1/s1. The molecular weight excluding hydrogens is 143 g/mol. The van der Waals surface area contributed by atoms with Crippen LogP contribution in [0, 0.1) is 0 Å². The molecule has 2 fully saturated rings. The molecule has 11 heavy (non-hydrogen) atoms. The molecule has 2 heterocycles. The second-order valence-corrected chi connectivity index (χ2v) is 4.06. The predicted octanol–water partition coefficient (Wildman–Crippen LogP) is 0.391. The summed E-state index contributed by atoms with van der Waals surface area (Å²) in [6.45, 7) is 3.52. The maximum atomic E-state index is 13.9. The molecule has 2 rings (SSSR count). The molecule has 2 aliphatic heterocycles. The number of nitrogens with zero attached hydrogens (tertiary/aromatic N) is 1. The first-order valence-corrected chi connectivity index (χ1v) is 4.24. The highest BCUT2D eigenvalue weighted by Gasteiger charge is 2.51. The fourth-order valence-corrected chi connectivity index (χ4v) is 2.42. The number of hydrogen-bond acceptors (Lipinski definition) is 2. The van der Waals surface area contributed by atoms with E-state index in [1.165, 1.54) is 0 Å².